The molecule has 0 unspecified atom stereocenters. The van der Waals surface area contributed by atoms with Crippen molar-refractivity contribution in [3.63, 3.8) is 0 Å². The maximum atomic E-state index is 6.45. The largest absolute Gasteiger partial charge is 0.456 e. The predicted octanol–water partition coefficient (Wildman–Crippen LogP) is 13.7. The number of nitrogens with zero attached hydrogens (tertiary/aromatic N) is 2. The first-order valence-electron chi connectivity index (χ1n) is 17.5. The molecule has 3 nitrogen and oxygen atoms in total. The Kier molecular flexibility index (Phi) is 5.23. The van der Waals surface area contributed by atoms with Gasteiger partial charge in [-0.1, -0.05) is 109 Å². The van der Waals surface area contributed by atoms with Gasteiger partial charge >= 0.3 is 0 Å². The molecule has 0 aliphatic carbocycles. The second-order valence-corrected chi connectivity index (χ2v) is 13.7. The first kappa shape index (κ1) is 27.0. The van der Waals surface area contributed by atoms with Gasteiger partial charge in [-0.15, -0.1) is 0 Å². The zero-order valence-electron chi connectivity index (χ0n) is 27.5. The van der Waals surface area contributed by atoms with Gasteiger partial charge in [-0.05, 0) is 86.9 Å². The van der Waals surface area contributed by atoms with E-state index >= 15 is 0 Å². The van der Waals surface area contributed by atoms with E-state index in [0.717, 1.165) is 39.0 Å². The third-order valence-electron chi connectivity index (χ3n) is 11.1. The minimum atomic E-state index is 0.879. The molecule has 51 heavy (non-hydrogen) atoms. The number of anilines is 3. The summed E-state index contributed by atoms with van der Waals surface area (Å²) in [4.78, 5) is 2.39. The number of para-hydroxylation sites is 3. The third-order valence-corrected chi connectivity index (χ3v) is 11.1. The van der Waals surface area contributed by atoms with E-state index in [1.54, 1.807) is 0 Å². The molecule has 0 atom stereocenters. The highest BCUT2D eigenvalue weighted by Gasteiger charge is 2.21. The van der Waals surface area contributed by atoms with Crippen LogP contribution in [0.3, 0.4) is 0 Å². The van der Waals surface area contributed by atoms with Gasteiger partial charge in [0.15, 0.2) is 0 Å². The Labute approximate surface area is 292 Å². The molecule has 9 aromatic carbocycles. The zero-order valence-corrected chi connectivity index (χ0v) is 27.5. The second-order valence-electron chi connectivity index (χ2n) is 13.7. The van der Waals surface area contributed by atoms with Crippen LogP contribution < -0.4 is 4.90 Å². The van der Waals surface area contributed by atoms with Gasteiger partial charge in [0.1, 0.15) is 11.2 Å². The van der Waals surface area contributed by atoms with E-state index in [-0.39, 0.29) is 0 Å². The molecule has 0 aliphatic rings. The molecule has 3 aromatic heterocycles. The summed E-state index contributed by atoms with van der Waals surface area (Å²) in [6.07, 6.45) is 0. The molecule has 3 heteroatoms. The van der Waals surface area contributed by atoms with E-state index < -0.39 is 0 Å². The minimum absolute atomic E-state index is 0.879. The number of fused-ring (bicyclic) bond motifs is 15. The molecule has 0 saturated carbocycles. The van der Waals surface area contributed by atoms with Crippen LogP contribution in [0.4, 0.5) is 17.1 Å². The Morgan fingerprint density at radius 3 is 1.53 bits per heavy atom. The molecule has 236 valence electrons. The Bertz CT molecular complexity index is 3350. The van der Waals surface area contributed by atoms with Crippen LogP contribution in [0.1, 0.15) is 0 Å². The number of rotatable bonds is 3. The third kappa shape index (κ3) is 3.62. The number of hydrogen-bond acceptors (Lipinski definition) is 2. The average Bonchev–Trinajstić information content (AvgIpc) is 3.85. The van der Waals surface area contributed by atoms with Gasteiger partial charge in [0.2, 0.25) is 0 Å². The molecular weight excluding hydrogens is 621 g/mol. The zero-order chi connectivity index (χ0) is 33.2. The summed E-state index contributed by atoms with van der Waals surface area (Å²) in [5, 5.41) is 14.9. The highest BCUT2D eigenvalue weighted by molar-refractivity contribution is 6.26. The van der Waals surface area contributed by atoms with Crippen molar-refractivity contribution >= 4 is 109 Å². The van der Waals surface area contributed by atoms with Crippen molar-refractivity contribution in [3.05, 3.63) is 170 Å². The van der Waals surface area contributed by atoms with Gasteiger partial charge in [-0.2, -0.15) is 0 Å². The second kappa shape index (κ2) is 9.87. The Hall–Kier alpha value is -6.84. The molecule has 0 bridgehead atoms. The fourth-order valence-corrected chi connectivity index (χ4v) is 8.90. The molecule has 12 aromatic rings. The Morgan fingerprint density at radius 1 is 0.314 bits per heavy atom. The summed E-state index contributed by atoms with van der Waals surface area (Å²) in [6, 6.07) is 61.9. The number of benzene rings is 9. The van der Waals surface area contributed by atoms with E-state index in [1.165, 1.54) is 70.4 Å². The van der Waals surface area contributed by atoms with Crippen LogP contribution in [0.25, 0.3) is 92.4 Å². The number of hydrogen-bond donors (Lipinski definition) is 0. The molecule has 0 saturated heterocycles. The molecular formula is C48H28N2O. The lowest BCUT2D eigenvalue weighted by Crippen LogP contribution is -2.10. The van der Waals surface area contributed by atoms with Crippen LogP contribution in [0, 0.1) is 0 Å². The SMILES string of the molecule is c1ccc2c(c1)oc1cc(N(c3ccc4c5ccccc5c5ccccc5c4c3)c3ccc4c(c3)c3cccc5c6ccccc6n4c53)ccc12. The van der Waals surface area contributed by atoms with Crippen molar-refractivity contribution in [2.24, 2.45) is 0 Å². The summed E-state index contributed by atoms with van der Waals surface area (Å²) in [7, 11) is 0. The van der Waals surface area contributed by atoms with Gasteiger partial charge in [0.25, 0.3) is 0 Å². The van der Waals surface area contributed by atoms with Crippen molar-refractivity contribution in [3.8, 4) is 0 Å². The van der Waals surface area contributed by atoms with E-state index in [4.69, 9.17) is 4.42 Å². The average molecular weight is 649 g/mol. The van der Waals surface area contributed by atoms with Gasteiger partial charge in [-0.3, -0.25) is 0 Å². The summed E-state index contributed by atoms with van der Waals surface area (Å²) in [5.74, 6) is 0. The summed E-state index contributed by atoms with van der Waals surface area (Å²) in [5.41, 5.74) is 8.77. The van der Waals surface area contributed by atoms with Gasteiger partial charge in [0, 0.05) is 55.4 Å². The Morgan fingerprint density at radius 2 is 0.784 bits per heavy atom. The van der Waals surface area contributed by atoms with E-state index in [0.29, 0.717) is 0 Å². The normalized spacial score (nSPS) is 12.3. The number of aromatic nitrogens is 1. The quantitative estimate of drug-likeness (QED) is 0.178. The minimum Gasteiger partial charge on any atom is -0.456 e. The maximum Gasteiger partial charge on any atom is 0.137 e. The van der Waals surface area contributed by atoms with Gasteiger partial charge in [-0.25, -0.2) is 0 Å². The van der Waals surface area contributed by atoms with Crippen LogP contribution in [-0.2, 0) is 0 Å². The van der Waals surface area contributed by atoms with E-state index in [9.17, 15) is 0 Å². The van der Waals surface area contributed by atoms with Crippen molar-refractivity contribution in [2.75, 3.05) is 4.90 Å². The fourth-order valence-electron chi connectivity index (χ4n) is 8.90. The lowest BCUT2D eigenvalue weighted by atomic mass is 9.94. The van der Waals surface area contributed by atoms with E-state index in [2.05, 4.69) is 167 Å². The molecule has 0 radical (unpaired) electrons. The molecule has 0 amide bonds. The monoisotopic (exact) mass is 648 g/mol. The Balaban J connectivity index is 1.16. The molecule has 0 aliphatic heterocycles. The lowest BCUT2D eigenvalue weighted by molar-refractivity contribution is 0.669. The van der Waals surface area contributed by atoms with Crippen molar-refractivity contribution in [1.82, 2.24) is 4.40 Å². The maximum absolute atomic E-state index is 6.45. The summed E-state index contributed by atoms with van der Waals surface area (Å²) in [6.45, 7) is 0. The van der Waals surface area contributed by atoms with Gasteiger partial charge < -0.3 is 13.7 Å². The summed E-state index contributed by atoms with van der Waals surface area (Å²) < 4.78 is 8.89. The topological polar surface area (TPSA) is 20.8 Å². The van der Waals surface area contributed by atoms with Crippen molar-refractivity contribution in [2.45, 2.75) is 0 Å². The molecule has 3 heterocycles. The van der Waals surface area contributed by atoms with Gasteiger partial charge in [0.05, 0.1) is 16.6 Å². The number of furan rings is 1. The lowest BCUT2D eigenvalue weighted by Gasteiger charge is -2.26. The highest BCUT2D eigenvalue weighted by Crippen LogP contribution is 2.45. The fraction of sp³-hybridized carbons (Fsp3) is 0. The molecule has 0 fully saturated rings. The van der Waals surface area contributed by atoms with Crippen LogP contribution in [0.2, 0.25) is 0 Å². The van der Waals surface area contributed by atoms with Crippen LogP contribution in [0.15, 0.2) is 174 Å². The van der Waals surface area contributed by atoms with Crippen LogP contribution in [0.5, 0.6) is 0 Å². The predicted molar refractivity (Wildman–Crippen MR) is 216 cm³/mol. The van der Waals surface area contributed by atoms with Crippen LogP contribution >= 0.6 is 0 Å². The first-order chi connectivity index (χ1) is 25.3. The highest BCUT2D eigenvalue weighted by atomic mass is 16.3. The van der Waals surface area contributed by atoms with Crippen LogP contribution in [-0.4, -0.2) is 4.40 Å². The summed E-state index contributed by atoms with van der Waals surface area (Å²) >= 11 is 0. The molecule has 12 rings (SSSR count). The standard InChI is InChI=1S/C48H28N2O/c1-2-12-34-32(10-1)33-11-3-4-13-35(33)42-26-29(20-23-36(34)42)49(31-21-24-39-38-15-6-8-19-46(38)51-47(39)28-31)30-22-25-45-43(27-30)41-17-9-16-40-37-14-5-7-18-44(37)50(45)48(40)41/h1-28H. The first-order valence-corrected chi connectivity index (χ1v) is 17.5. The smallest absolute Gasteiger partial charge is 0.137 e. The molecule has 0 spiro atoms. The van der Waals surface area contributed by atoms with Crippen molar-refractivity contribution < 1.29 is 4.42 Å². The van der Waals surface area contributed by atoms with E-state index in [1.807, 2.05) is 12.1 Å². The van der Waals surface area contributed by atoms with Crippen molar-refractivity contribution in [1.29, 1.82) is 0 Å². The molecule has 0 N–H and O–H groups in total.